The van der Waals surface area contributed by atoms with Gasteiger partial charge in [0.15, 0.2) is 5.16 Å². The molecular formula is C23H24N6O3S. The Labute approximate surface area is 194 Å². The number of amides is 1. The summed E-state index contributed by atoms with van der Waals surface area (Å²) in [7, 11) is 3.40. The molecule has 0 bridgehead atoms. The van der Waals surface area contributed by atoms with Crippen molar-refractivity contribution in [2.45, 2.75) is 25.4 Å². The number of pyridine rings is 1. The fraction of sp³-hybridized carbons (Fsp3) is 0.261. The summed E-state index contributed by atoms with van der Waals surface area (Å²) in [5, 5.41) is 11.9. The van der Waals surface area contributed by atoms with Crippen molar-refractivity contribution in [1.29, 1.82) is 0 Å². The van der Waals surface area contributed by atoms with Crippen LogP contribution in [0.1, 0.15) is 22.6 Å². The average molecular weight is 465 g/mol. The molecule has 0 spiro atoms. The minimum absolute atomic E-state index is 0.115. The second kappa shape index (κ2) is 9.45. The van der Waals surface area contributed by atoms with Gasteiger partial charge in [-0.05, 0) is 37.6 Å². The molecular weight excluding hydrogens is 440 g/mol. The number of carbonyl (C=O) groups is 1. The summed E-state index contributed by atoms with van der Waals surface area (Å²) in [6.45, 7) is 3.76. The molecule has 1 N–H and O–H groups in total. The van der Waals surface area contributed by atoms with E-state index >= 15 is 0 Å². The second-order valence-electron chi connectivity index (χ2n) is 7.62. The lowest BCUT2D eigenvalue weighted by Gasteiger charge is -2.09. The number of fused-ring (bicyclic) bond motifs is 1. The Morgan fingerprint density at radius 1 is 1.18 bits per heavy atom. The lowest BCUT2D eigenvalue weighted by atomic mass is 10.1. The van der Waals surface area contributed by atoms with Crippen LogP contribution in [-0.2, 0) is 18.3 Å². The number of carbonyl (C=O) groups excluding carboxylic acids is 1. The van der Waals surface area contributed by atoms with Crippen molar-refractivity contribution < 1.29 is 9.53 Å². The maximum absolute atomic E-state index is 13.1. The molecule has 3 heterocycles. The number of thioether (sulfide) groups is 1. The summed E-state index contributed by atoms with van der Waals surface area (Å²) in [6, 6.07) is 10.9. The first-order valence-corrected chi connectivity index (χ1v) is 11.3. The third-order valence-corrected chi connectivity index (χ3v) is 6.24. The number of benzene rings is 1. The highest BCUT2D eigenvalue weighted by atomic mass is 32.2. The van der Waals surface area contributed by atoms with E-state index < -0.39 is 0 Å². The molecule has 3 aromatic heterocycles. The molecule has 0 saturated heterocycles. The van der Waals surface area contributed by atoms with Crippen LogP contribution in [0.25, 0.3) is 5.65 Å². The summed E-state index contributed by atoms with van der Waals surface area (Å²) in [4.78, 5) is 30.0. The number of methoxy groups -OCH3 is 1. The quantitative estimate of drug-likeness (QED) is 0.420. The molecule has 0 saturated carbocycles. The summed E-state index contributed by atoms with van der Waals surface area (Å²) in [5.41, 5.74) is 3.37. The number of hydrogen-bond donors (Lipinski definition) is 1. The molecule has 4 aromatic rings. The molecule has 0 aliphatic heterocycles. The van der Waals surface area contributed by atoms with E-state index in [0.29, 0.717) is 45.7 Å². The molecule has 0 unspecified atom stereocenters. The molecule has 170 valence electrons. The van der Waals surface area contributed by atoms with E-state index in [1.54, 1.807) is 34.4 Å². The summed E-state index contributed by atoms with van der Waals surface area (Å²) in [6.07, 6.45) is 2.08. The highest BCUT2D eigenvalue weighted by Gasteiger charge is 2.16. The molecule has 0 atom stereocenters. The van der Waals surface area contributed by atoms with Gasteiger partial charge >= 0.3 is 0 Å². The van der Waals surface area contributed by atoms with Crippen molar-refractivity contribution in [3.05, 3.63) is 75.6 Å². The number of ether oxygens (including phenoxy) is 1. The van der Waals surface area contributed by atoms with Gasteiger partial charge < -0.3 is 14.6 Å². The van der Waals surface area contributed by atoms with E-state index in [1.165, 1.54) is 11.8 Å². The minimum atomic E-state index is -0.166. The predicted molar refractivity (Wildman–Crippen MR) is 127 cm³/mol. The Morgan fingerprint density at radius 2 is 2.00 bits per heavy atom. The number of hydrogen-bond acceptors (Lipinski definition) is 7. The lowest BCUT2D eigenvalue weighted by molar-refractivity contribution is -0.113. The van der Waals surface area contributed by atoms with Gasteiger partial charge in [0.2, 0.25) is 5.91 Å². The SMILES string of the molecule is COc1cccc(NC(=O)CSc2nnc(Cc3c(C)nc4ccc(C)cn4c3=O)n2C)c1. The van der Waals surface area contributed by atoms with Crippen LogP contribution < -0.4 is 15.6 Å². The second-order valence-corrected chi connectivity index (χ2v) is 8.56. The van der Waals surface area contributed by atoms with Gasteiger partial charge in [0.25, 0.3) is 5.56 Å². The third kappa shape index (κ3) is 4.90. The van der Waals surface area contributed by atoms with Crippen molar-refractivity contribution in [1.82, 2.24) is 24.1 Å². The van der Waals surface area contributed by atoms with E-state index in [0.717, 1.165) is 5.56 Å². The third-order valence-electron chi connectivity index (χ3n) is 5.22. The Balaban J connectivity index is 1.47. The summed E-state index contributed by atoms with van der Waals surface area (Å²) < 4.78 is 8.53. The van der Waals surface area contributed by atoms with Crippen LogP contribution in [0, 0.1) is 13.8 Å². The van der Waals surface area contributed by atoms with E-state index in [9.17, 15) is 9.59 Å². The van der Waals surface area contributed by atoms with Crippen LogP contribution in [-0.4, -0.2) is 42.9 Å². The molecule has 1 amide bonds. The number of nitrogens with zero attached hydrogens (tertiary/aromatic N) is 5. The number of aromatic nitrogens is 5. The lowest BCUT2D eigenvalue weighted by Crippen LogP contribution is -2.22. The van der Waals surface area contributed by atoms with Gasteiger partial charge in [0.05, 0.1) is 12.9 Å². The van der Waals surface area contributed by atoms with Crippen molar-refractivity contribution in [2.24, 2.45) is 7.05 Å². The zero-order chi connectivity index (χ0) is 23.5. The van der Waals surface area contributed by atoms with Gasteiger partial charge in [-0.25, -0.2) is 4.98 Å². The maximum Gasteiger partial charge on any atom is 0.261 e. The van der Waals surface area contributed by atoms with Crippen molar-refractivity contribution in [3.8, 4) is 5.75 Å². The Bertz CT molecular complexity index is 1390. The van der Waals surface area contributed by atoms with Crippen LogP contribution >= 0.6 is 11.8 Å². The normalized spacial score (nSPS) is 11.0. The highest BCUT2D eigenvalue weighted by Crippen LogP contribution is 2.20. The van der Waals surface area contributed by atoms with E-state index in [4.69, 9.17) is 4.74 Å². The fourth-order valence-corrected chi connectivity index (χ4v) is 4.14. The number of nitrogens with one attached hydrogen (secondary N) is 1. The first-order valence-electron chi connectivity index (χ1n) is 10.3. The van der Waals surface area contributed by atoms with Gasteiger partial charge in [-0.2, -0.15) is 0 Å². The van der Waals surface area contributed by atoms with Gasteiger partial charge in [-0.3, -0.25) is 14.0 Å². The molecule has 10 heteroatoms. The molecule has 0 aliphatic carbocycles. The van der Waals surface area contributed by atoms with E-state index in [1.807, 2.05) is 45.2 Å². The summed E-state index contributed by atoms with van der Waals surface area (Å²) >= 11 is 1.28. The van der Waals surface area contributed by atoms with Crippen LogP contribution in [0.3, 0.4) is 0 Å². The van der Waals surface area contributed by atoms with Crippen LogP contribution in [0.2, 0.25) is 0 Å². The van der Waals surface area contributed by atoms with Gasteiger partial charge in [-0.1, -0.05) is 23.9 Å². The van der Waals surface area contributed by atoms with Gasteiger partial charge in [0.1, 0.15) is 17.2 Å². The minimum Gasteiger partial charge on any atom is -0.497 e. The zero-order valence-corrected chi connectivity index (χ0v) is 19.6. The Morgan fingerprint density at radius 3 is 2.79 bits per heavy atom. The largest absolute Gasteiger partial charge is 0.497 e. The molecule has 1 aromatic carbocycles. The topological polar surface area (TPSA) is 103 Å². The number of rotatable bonds is 7. The Hall–Kier alpha value is -3.66. The smallest absolute Gasteiger partial charge is 0.261 e. The van der Waals surface area contributed by atoms with E-state index in [-0.39, 0.29) is 17.2 Å². The molecule has 9 nitrogen and oxygen atoms in total. The van der Waals surface area contributed by atoms with E-state index in [2.05, 4.69) is 20.5 Å². The van der Waals surface area contributed by atoms with Gasteiger partial charge in [0, 0.05) is 42.7 Å². The molecule has 0 aliphatic rings. The van der Waals surface area contributed by atoms with Gasteiger partial charge in [-0.15, -0.1) is 10.2 Å². The first-order chi connectivity index (χ1) is 15.9. The number of anilines is 1. The monoisotopic (exact) mass is 464 g/mol. The molecule has 33 heavy (non-hydrogen) atoms. The predicted octanol–water partition coefficient (Wildman–Crippen LogP) is 2.77. The number of aryl methyl sites for hydroxylation is 2. The maximum atomic E-state index is 13.1. The summed E-state index contributed by atoms with van der Waals surface area (Å²) in [5.74, 6) is 1.30. The first kappa shape index (κ1) is 22.5. The molecule has 4 rings (SSSR count). The Kier molecular flexibility index (Phi) is 6.45. The van der Waals surface area contributed by atoms with Crippen molar-refractivity contribution >= 4 is 29.0 Å². The molecule has 0 fully saturated rings. The highest BCUT2D eigenvalue weighted by molar-refractivity contribution is 7.99. The average Bonchev–Trinajstić information content (AvgIpc) is 3.15. The van der Waals surface area contributed by atoms with Crippen molar-refractivity contribution in [3.63, 3.8) is 0 Å². The van der Waals surface area contributed by atoms with Crippen LogP contribution in [0.15, 0.2) is 52.5 Å². The fourth-order valence-electron chi connectivity index (χ4n) is 3.41. The standard InChI is InChI=1S/C23H24N6O3S/c1-14-8-9-19-24-15(2)18(22(31)29(19)12-14)11-20-26-27-23(28(20)3)33-13-21(30)25-16-6-5-7-17(10-16)32-4/h5-10,12H,11,13H2,1-4H3,(H,25,30). The van der Waals surface area contributed by atoms with Crippen LogP contribution in [0.4, 0.5) is 5.69 Å². The van der Waals surface area contributed by atoms with Crippen molar-refractivity contribution in [2.75, 3.05) is 18.2 Å². The van der Waals surface area contributed by atoms with Crippen LogP contribution in [0.5, 0.6) is 5.75 Å². The molecule has 0 radical (unpaired) electrons. The zero-order valence-electron chi connectivity index (χ0n) is 18.8.